The molecule has 0 aliphatic rings. The summed E-state index contributed by atoms with van der Waals surface area (Å²) in [6.07, 6.45) is 0.367. The standard InChI is InChI=1S/C17H24N2O3/c1-4-19(5-2)17(20)14(13-18)11-12-22-16-10-8-7-9-15(16)21-6-3/h7-10,14H,4-6,11-12H2,1-3H3. The number of rotatable bonds is 9. The third-order valence-electron chi connectivity index (χ3n) is 3.34. The molecule has 0 radical (unpaired) electrons. The van der Waals surface area contributed by atoms with Crippen molar-refractivity contribution in [1.29, 1.82) is 5.26 Å². The summed E-state index contributed by atoms with van der Waals surface area (Å²) in [5, 5.41) is 9.19. The second-order valence-corrected chi connectivity index (χ2v) is 4.71. The molecule has 1 aromatic rings. The summed E-state index contributed by atoms with van der Waals surface area (Å²) in [5.41, 5.74) is 0. The zero-order valence-corrected chi connectivity index (χ0v) is 13.5. The second kappa shape index (κ2) is 9.67. The van der Waals surface area contributed by atoms with Crippen LogP contribution in [0.3, 0.4) is 0 Å². The van der Waals surface area contributed by atoms with Crippen molar-refractivity contribution >= 4 is 5.91 Å². The highest BCUT2D eigenvalue weighted by Gasteiger charge is 2.22. The molecule has 1 unspecified atom stereocenters. The highest BCUT2D eigenvalue weighted by atomic mass is 16.5. The molecule has 1 atom stereocenters. The summed E-state index contributed by atoms with van der Waals surface area (Å²) in [5.74, 6) is 0.512. The fraction of sp³-hybridized carbons (Fsp3) is 0.529. The number of carbonyl (C=O) groups is 1. The minimum absolute atomic E-state index is 0.130. The Balaban J connectivity index is 2.58. The van der Waals surface area contributed by atoms with Crippen LogP contribution in [0, 0.1) is 17.2 Å². The molecule has 0 spiro atoms. The van der Waals surface area contributed by atoms with Gasteiger partial charge in [-0.25, -0.2) is 0 Å². The summed E-state index contributed by atoms with van der Waals surface area (Å²) in [6, 6.07) is 9.46. The van der Waals surface area contributed by atoms with E-state index in [1.807, 2.05) is 45.0 Å². The molecule has 0 saturated heterocycles. The predicted molar refractivity (Wildman–Crippen MR) is 84.8 cm³/mol. The lowest BCUT2D eigenvalue weighted by molar-refractivity contribution is -0.133. The number of nitrogens with zero attached hydrogens (tertiary/aromatic N) is 2. The summed E-state index contributed by atoms with van der Waals surface area (Å²) < 4.78 is 11.1. The number of nitriles is 1. The number of carbonyl (C=O) groups excluding carboxylic acids is 1. The molecule has 5 nitrogen and oxygen atoms in total. The van der Waals surface area contributed by atoms with Crippen molar-refractivity contribution in [3.63, 3.8) is 0 Å². The largest absolute Gasteiger partial charge is 0.490 e. The van der Waals surface area contributed by atoms with Gasteiger partial charge in [-0.1, -0.05) is 12.1 Å². The number of hydrogen-bond donors (Lipinski definition) is 0. The predicted octanol–water partition coefficient (Wildman–Crippen LogP) is 2.86. The number of benzene rings is 1. The Bertz CT molecular complexity index is 507. The topological polar surface area (TPSA) is 62.6 Å². The lowest BCUT2D eigenvalue weighted by atomic mass is 10.1. The van der Waals surface area contributed by atoms with Crippen LogP contribution in [0.1, 0.15) is 27.2 Å². The van der Waals surface area contributed by atoms with Gasteiger partial charge in [0.05, 0.1) is 19.3 Å². The normalized spacial score (nSPS) is 11.4. The quantitative estimate of drug-likeness (QED) is 0.704. The molecule has 120 valence electrons. The average Bonchev–Trinajstić information content (AvgIpc) is 2.54. The van der Waals surface area contributed by atoms with Gasteiger partial charge in [0.15, 0.2) is 11.5 Å². The molecule has 1 rings (SSSR count). The van der Waals surface area contributed by atoms with Gasteiger partial charge in [0.1, 0.15) is 5.92 Å². The molecule has 0 aliphatic heterocycles. The molecule has 1 amide bonds. The van der Waals surface area contributed by atoms with Crippen LogP contribution in [0.4, 0.5) is 0 Å². The van der Waals surface area contributed by atoms with E-state index >= 15 is 0 Å². The first kappa shape index (κ1) is 17.8. The van der Waals surface area contributed by atoms with Crippen LogP contribution in [0.2, 0.25) is 0 Å². The van der Waals surface area contributed by atoms with Crippen molar-refractivity contribution in [1.82, 2.24) is 4.90 Å². The molecule has 22 heavy (non-hydrogen) atoms. The first-order valence-electron chi connectivity index (χ1n) is 7.70. The Morgan fingerprint density at radius 1 is 1.18 bits per heavy atom. The van der Waals surface area contributed by atoms with E-state index in [9.17, 15) is 10.1 Å². The van der Waals surface area contributed by atoms with E-state index in [4.69, 9.17) is 9.47 Å². The van der Waals surface area contributed by atoms with Crippen molar-refractivity contribution < 1.29 is 14.3 Å². The van der Waals surface area contributed by atoms with Crippen molar-refractivity contribution in [3.05, 3.63) is 24.3 Å². The van der Waals surface area contributed by atoms with E-state index in [-0.39, 0.29) is 5.91 Å². The Morgan fingerprint density at radius 2 is 1.77 bits per heavy atom. The molecule has 0 N–H and O–H groups in total. The highest BCUT2D eigenvalue weighted by Crippen LogP contribution is 2.26. The van der Waals surface area contributed by atoms with Crippen molar-refractivity contribution in [2.75, 3.05) is 26.3 Å². The fourth-order valence-electron chi connectivity index (χ4n) is 2.13. The van der Waals surface area contributed by atoms with E-state index in [0.29, 0.717) is 44.2 Å². The van der Waals surface area contributed by atoms with Gasteiger partial charge < -0.3 is 14.4 Å². The second-order valence-electron chi connectivity index (χ2n) is 4.71. The maximum atomic E-state index is 12.2. The number of ether oxygens (including phenoxy) is 2. The first-order chi connectivity index (χ1) is 10.7. The first-order valence-corrected chi connectivity index (χ1v) is 7.70. The average molecular weight is 304 g/mol. The number of amides is 1. The molecule has 0 saturated carbocycles. The van der Waals surface area contributed by atoms with Crippen LogP contribution >= 0.6 is 0 Å². The molecular formula is C17H24N2O3. The van der Waals surface area contributed by atoms with Crippen LogP contribution in [-0.4, -0.2) is 37.1 Å². The Labute approximate surface area is 132 Å². The monoisotopic (exact) mass is 304 g/mol. The maximum absolute atomic E-state index is 12.2. The molecule has 5 heteroatoms. The molecule has 0 heterocycles. The molecule has 0 bridgehead atoms. The van der Waals surface area contributed by atoms with E-state index in [0.717, 1.165) is 0 Å². The Hall–Kier alpha value is -2.22. The smallest absolute Gasteiger partial charge is 0.240 e. The Morgan fingerprint density at radius 3 is 2.27 bits per heavy atom. The zero-order valence-electron chi connectivity index (χ0n) is 13.5. The van der Waals surface area contributed by atoms with Gasteiger partial charge in [0, 0.05) is 19.5 Å². The van der Waals surface area contributed by atoms with Gasteiger partial charge in [0.2, 0.25) is 5.91 Å². The summed E-state index contributed by atoms with van der Waals surface area (Å²) >= 11 is 0. The van der Waals surface area contributed by atoms with Gasteiger partial charge in [0.25, 0.3) is 0 Å². The van der Waals surface area contributed by atoms with E-state index in [1.54, 1.807) is 4.90 Å². The lowest BCUT2D eigenvalue weighted by Gasteiger charge is -2.21. The van der Waals surface area contributed by atoms with Crippen LogP contribution < -0.4 is 9.47 Å². The van der Waals surface area contributed by atoms with Gasteiger partial charge >= 0.3 is 0 Å². The minimum Gasteiger partial charge on any atom is -0.490 e. The molecule has 0 aliphatic carbocycles. The SMILES string of the molecule is CCOc1ccccc1OCCC(C#N)C(=O)N(CC)CC. The van der Waals surface area contributed by atoms with E-state index in [2.05, 4.69) is 6.07 Å². The van der Waals surface area contributed by atoms with Crippen LogP contribution in [0.5, 0.6) is 11.5 Å². The van der Waals surface area contributed by atoms with Gasteiger partial charge in [-0.05, 0) is 32.9 Å². The minimum atomic E-state index is -0.667. The molecular weight excluding hydrogens is 280 g/mol. The number of para-hydroxylation sites is 2. The van der Waals surface area contributed by atoms with Gasteiger partial charge in [-0.3, -0.25) is 4.79 Å². The number of hydrogen-bond acceptors (Lipinski definition) is 4. The summed E-state index contributed by atoms with van der Waals surface area (Å²) in [4.78, 5) is 13.8. The third-order valence-corrected chi connectivity index (χ3v) is 3.34. The summed E-state index contributed by atoms with van der Waals surface area (Å²) in [7, 11) is 0. The van der Waals surface area contributed by atoms with Gasteiger partial charge in [-0.2, -0.15) is 5.26 Å². The maximum Gasteiger partial charge on any atom is 0.240 e. The highest BCUT2D eigenvalue weighted by molar-refractivity contribution is 5.81. The fourth-order valence-corrected chi connectivity index (χ4v) is 2.13. The molecule has 1 aromatic carbocycles. The lowest BCUT2D eigenvalue weighted by Crippen LogP contribution is -2.36. The van der Waals surface area contributed by atoms with E-state index < -0.39 is 5.92 Å². The van der Waals surface area contributed by atoms with Crippen molar-refractivity contribution in [3.8, 4) is 17.6 Å². The van der Waals surface area contributed by atoms with Crippen LogP contribution in [0.15, 0.2) is 24.3 Å². The van der Waals surface area contributed by atoms with Crippen molar-refractivity contribution in [2.45, 2.75) is 27.2 Å². The van der Waals surface area contributed by atoms with Crippen molar-refractivity contribution in [2.24, 2.45) is 5.92 Å². The Kier molecular flexibility index (Phi) is 7.84. The van der Waals surface area contributed by atoms with Gasteiger partial charge in [-0.15, -0.1) is 0 Å². The third kappa shape index (κ3) is 4.96. The molecule has 0 fully saturated rings. The summed E-state index contributed by atoms with van der Waals surface area (Å²) in [6.45, 7) is 7.81. The molecule has 0 aromatic heterocycles. The van der Waals surface area contributed by atoms with E-state index in [1.165, 1.54) is 0 Å². The van der Waals surface area contributed by atoms with Crippen LogP contribution in [0.25, 0.3) is 0 Å². The van der Waals surface area contributed by atoms with Crippen LogP contribution in [-0.2, 0) is 4.79 Å². The zero-order chi connectivity index (χ0) is 16.4.